The molecule has 0 aromatic carbocycles. The van der Waals surface area contributed by atoms with Gasteiger partial charge in [0.1, 0.15) is 11.6 Å². The number of aromatic nitrogens is 1. The van der Waals surface area contributed by atoms with Crippen LogP contribution in [0, 0.1) is 0 Å². The van der Waals surface area contributed by atoms with Gasteiger partial charge in [-0.25, -0.2) is 9.78 Å². The van der Waals surface area contributed by atoms with Gasteiger partial charge in [0.2, 0.25) is 5.88 Å². The number of ether oxygens (including phenoxy) is 1. The Morgan fingerprint density at radius 2 is 2.10 bits per heavy atom. The van der Waals surface area contributed by atoms with Crippen LogP contribution in [-0.2, 0) is 4.79 Å². The number of halogens is 3. The van der Waals surface area contributed by atoms with Crippen LogP contribution in [-0.4, -0.2) is 52.7 Å². The number of carbonyl (C=O) groups is 2. The van der Waals surface area contributed by atoms with Gasteiger partial charge in [0, 0.05) is 13.2 Å². The van der Waals surface area contributed by atoms with Gasteiger partial charge < -0.3 is 14.7 Å². The molecule has 0 fully saturated rings. The van der Waals surface area contributed by atoms with E-state index in [4.69, 9.17) is 5.11 Å². The Balaban J connectivity index is 2.97. The first-order valence-electron chi connectivity index (χ1n) is 5.78. The molecule has 0 spiro atoms. The standard InChI is InChI=1S/C12H13F3N2O4/c1-7(11(19)20)17(2)10(18)8-4-3-5-16-9(8)21-6-12(13,14)15/h3-5,7H,6H2,1-2H3,(H,19,20). The van der Waals surface area contributed by atoms with E-state index in [9.17, 15) is 22.8 Å². The zero-order valence-corrected chi connectivity index (χ0v) is 11.2. The first-order valence-corrected chi connectivity index (χ1v) is 5.78. The van der Waals surface area contributed by atoms with Crippen molar-refractivity contribution < 1.29 is 32.6 Å². The predicted octanol–water partition coefficient (Wildman–Crippen LogP) is 1.57. The van der Waals surface area contributed by atoms with Crippen LogP contribution < -0.4 is 4.74 Å². The third kappa shape index (κ3) is 4.62. The van der Waals surface area contributed by atoms with Crippen LogP contribution in [0.3, 0.4) is 0 Å². The molecule has 0 aliphatic rings. The number of hydrogen-bond donors (Lipinski definition) is 1. The molecule has 0 bridgehead atoms. The minimum Gasteiger partial charge on any atom is -0.480 e. The van der Waals surface area contributed by atoms with E-state index < -0.39 is 36.6 Å². The monoisotopic (exact) mass is 306 g/mol. The molecule has 0 aliphatic heterocycles. The van der Waals surface area contributed by atoms with Gasteiger partial charge in [0.05, 0.1) is 0 Å². The largest absolute Gasteiger partial charge is 0.480 e. The van der Waals surface area contributed by atoms with Crippen LogP contribution >= 0.6 is 0 Å². The molecule has 1 atom stereocenters. The highest BCUT2D eigenvalue weighted by Crippen LogP contribution is 2.21. The Kier molecular flexibility index (Phi) is 5.12. The molecule has 116 valence electrons. The van der Waals surface area contributed by atoms with Crippen molar-refractivity contribution in [1.82, 2.24) is 9.88 Å². The molecule has 1 aromatic rings. The minimum absolute atomic E-state index is 0.239. The van der Waals surface area contributed by atoms with Gasteiger partial charge in [-0.05, 0) is 19.1 Å². The third-order valence-corrected chi connectivity index (χ3v) is 2.63. The SMILES string of the molecule is CC(C(=O)O)N(C)C(=O)c1cccnc1OCC(F)(F)F. The smallest absolute Gasteiger partial charge is 0.422 e. The van der Waals surface area contributed by atoms with E-state index in [1.165, 1.54) is 32.3 Å². The lowest BCUT2D eigenvalue weighted by Gasteiger charge is -2.22. The zero-order chi connectivity index (χ0) is 16.2. The van der Waals surface area contributed by atoms with Crippen LogP contribution in [0.2, 0.25) is 0 Å². The summed E-state index contributed by atoms with van der Waals surface area (Å²) in [6.07, 6.45) is -3.40. The Bertz CT molecular complexity index is 533. The maximum absolute atomic E-state index is 12.1. The number of likely N-dealkylation sites (N-methyl/N-ethyl adjacent to an activating group) is 1. The average molecular weight is 306 g/mol. The molecule has 1 amide bonds. The highest BCUT2D eigenvalue weighted by Gasteiger charge is 2.31. The van der Waals surface area contributed by atoms with E-state index in [1.54, 1.807) is 0 Å². The molecular weight excluding hydrogens is 293 g/mol. The summed E-state index contributed by atoms with van der Waals surface area (Å²) in [5.41, 5.74) is -0.239. The summed E-state index contributed by atoms with van der Waals surface area (Å²) in [7, 11) is 1.22. The lowest BCUT2D eigenvalue weighted by Crippen LogP contribution is -2.40. The average Bonchev–Trinajstić information content (AvgIpc) is 2.42. The Morgan fingerprint density at radius 1 is 1.48 bits per heavy atom. The summed E-state index contributed by atoms with van der Waals surface area (Å²) < 4.78 is 40.9. The van der Waals surface area contributed by atoms with Gasteiger partial charge in [-0.15, -0.1) is 0 Å². The maximum Gasteiger partial charge on any atom is 0.422 e. The first-order chi connectivity index (χ1) is 9.63. The molecule has 0 saturated heterocycles. The fourth-order valence-corrected chi connectivity index (χ4v) is 1.35. The number of nitrogens with zero attached hydrogens (tertiary/aromatic N) is 2. The van der Waals surface area contributed by atoms with Crippen molar-refractivity contribution >= 4 is 11.9 Å². The van der Waals surface area contributed by atoms with Gasteiger partial charge in [-0.2, -0.15) is 13.2 Å². The van der Waals surface area contributed by atoms with Gasteiger partial charge >= 0.3 is 12.1 Å². The van der Waals surface area contributed by atoms with Crippen LogP contribution in [0.5, 0.6) is 5.88 Å². The lowest BCUT2D eigenvalue weighted by molar-refractivity contribution is -0.154. The molecule has 0 saturated carbocycles. The summed E-state index contributed by atoms with van der Waals surface area (Å²) >= 11 is 0. The van der Waals surface area contributed by atoms with Gasteiger partial charge in [0.25, 0.3) is 5.91 Å². The first kappa shape index (κ1) is 16.7. The zero-order valence-electron chi connectivity index (χ0n) is 11.2. The highest BCUT2D eigenvalue weighted by molar-refractivity contribution is 5.98. The summed E-state index contributed by atoms with van der Waals surface area (Å²) in [4.78, 5) is 27.4. The van der Waals surface area contributed by atoms with Gasteiger partial charge in [0.15, 0.2) is 6.61 Å². The van der Waals surface area contributed by atoms with Crippen molar-refractivity contribution in [1.29, 1.82) is 0 Å². The lowest BCUT2D eigenvalue weighted by atomic mass is 10.2. The van der Waals surface area contributed by atoms with E-state index >= 15 is 0 Å². The van der Waals surface area contributed by atoms with E-state index in [0.29, 0.717) is 0 Å². The molecule has 1 N–H and O–H groups in total. The summed E-state index contributed by atoms with van der Waals surface area (Å²) in [5, 5.41) is 8.84. The fourth-order valence-electron chi connectivity index (χ4n) is 1.35. The number of pyridine rings is 1. The van der Waals surface area contributed by atoms with E-state index in [2.05, 4.69) is 9.72 Å². The summed E-state index contributed by atoms with van der Waals surface area (Å²) in [5.74, 6) is -2.54. The van der Waals surface area contributed by atoms with Crippen LogP contribution in [0.15, 0.2) is 18.3 Å². The minimum atomic E-state index is -4.57. The molecule has 1 heterocycles. The number of carbonyl (C=O) groups excluding carboxylic acids is 1. The molecule has 6 nitrogen and oxygen atoms in total. The van der Waals surface area contributed by atoms with Crippen molar-refractivity contribution in [3.8, 4) is 5.88 Å². The second-order valence-corrected chi connectivity index (χ2v) is 4.19. The van der Waals surface area contributed by atoms with Crippen molar-refractivity contribution in [3.05, 3.63) is 23.9 Å². The molecule has 1 unspecified atom stereocenters. The van der Waals surface area contributed by atoms with Crippen LogP contribution in [0.1, 0.15) is 17.3 Å². The van der Waals surface area contributed by atoms with E-state index in [-0.39, 0.29) is 5.56 Å². The molecule has 1 rings (SSSR count). The van der Waals surface area contributed by atoms with E-state index in [0.717, 1.165) is 4.90 Å². The number of rotatable bonds is 5. The quantitative estimate of drug-likeness (QED) is 0.893. The molecule has 0 aliphatic carbocycles. The maximum atomic E-state index is 12.1. The summed E-state index contributed by atoms with van der Waals surface area (Å²) in [6.45, 7) is -0.324. The number of carboxylic acids is 1. The van der Waals surface area contributed by atoms with Gasteiger partial charge in [-0.1, -0.05) is 0 Å². The Morgan fingerprint density at radius 3 is 2.62 bits per heavy atom. The molecule has 0 radical (unpaired) electrons. The van der Waals surface area contributed by atoms with Crippen molar-refractivity contribution in [2.24, 2.45) is 0 Å². The van der Waals surface area contributed by atoms with Crippen molar-refractivity contribution in [2.75, 3.05) is 13.7 Å². The fraction of sp³-hybridized carbons (Fsp3) is 0.417. The summed E-state index contributed by atoms with van der Waals surface area (Å²) in [6, 6.07) is 1.41. The molecule has 21 heavy (non-hydrogen) atoms. The normalized spacial score (nSPS) is 12.6. The third-order valence-electron chi connectivity index (χ3n) is 2.63. The highest BCUT2D eigenvalue weighted by atomic mass is 19.4. The van der Waals surface area contributed by atoms with Crippen molar-refractivity contribution in [2.45, 2.75) is 19.1 Å². The van der Waals surface area contributed by atoms with Crippen LogP contribution in [0.4, 0.5) is 13.2 Å². The molecule has 1 aromatic heterocycles. The van der Waals surface area contributed by atoms with E-state index in [1.807, 2.05) is 0 Å². The molecular formula is C12H13F3N2O4. The number of amides is 1. The Hall–Kier alpha value is -2.32. The topological polar surface area (TPSA) is 79.7 Å². The number of alkyl halides is 3. The number of carboxylic acid groups (broad SMARTS) is 1. The second-order valence-electron chi connectivity index (χ2n) is 4.19. The van der Waals surface area contributed by atoms with Crippen molar-refractivity contribution in [3.63, 3.8) is 0 Å². The van der Waals surface area contributed by atoms with Gasteiger partial charge in [-0.3, -0.25) is 4.79 Å². The second kappa shape index (κ2) is 6.42. The predicted molar refractivity (Wildman–Crippen MR) is 65.0 cm³/mol. The number of aliphatic carboxylic acids is 1. The Labute approximate surface area is 118 Å². The number of hydrogen-bond acceptors (Lipinski definition) is 4. The molecule has 9 heteroatoms. The van der Waals surface area contributed by atoms with Crippen LogP contribution in [0.25, 0.3) is 0 Å².